The molecule has 3 N–H and O–H groups in total. The summed E-state index contributed by atoms with van der Waals surface area (Å²) >= 11 is 0. The molecule has 2 aromatic rings. The first kappa shape index (κ1) is 28.9. The van der Waals surface area contributed by atoms with Crippen LogP contribution in [0.5, 0.6) is 5.88 Å². The molecule has 0 aliphatic carbocycles. The Morgan fingerprint density at radius 2 is 1.97 bits per heavy atom. The number of carbonyl (C=O) groups excluding carboxylic acids is 2. The Balaban J connectivity index is 1.45. The van der Waals surface area contributed by atoms with Crippen LogP contribution in [0.25, 0.3) is 0 Å². The van der Waals surface area contributed by atoms with E-state index in [1.165, 1.54) is 12.1 Å². The van der Waals surface area contributed by atoms with Crippen molar-refractivity contribution in [2.24, 2.45) is 11.8 Å². The van der Waals surface area contributed by atoms with Gasteiger partial charge in [-0.2, -0.15) is 0 Å². The van der Waals surface area contributed by atoms with Crippen LogP contribution in [-0.4, -0.2) is 70.2 Å². The monoisotopic (exact) mass is 544 g/mol. The normalized spacial score (nSPS) is 23.6. The second-order valence-electron chi connectivity index (χ2n) is 11.1. The highest BCUT2D eigenvalue weighted by atomic mass is 19.1. The van der Waals surface area contributed by atoms with E-state index in [0.717, 1.165) is 12.5 Å². The highest BCUT2D eigenvalue weighted by molar-refractivity contribution is 5.89. The van der Waals surface area contributed by atoms with Crippen molar-refractivity contribution in [2.45, 2.75) is 76.8 Å². The van der Waals surface area contributed by atoms with Gasteiger partial charge in [0.2, 0.25) is 17.7 Å². The van der Waals surface area contributed by atoms with Gasteiger partial charge in [-0.3, -0.25) is 9.59 Å². The number of aromatic nitrogens is 1. The number of halogens is 2. The molecule has 3 heterocycles. The van der Waals surface area contributed by atoms with Crippen molar-refractivity contribution < 1.29 is 28.2 Å². The summed E-state index contributed by atoms with van der Waals surface area (Å²) in [5, 5.41) is 17.5. The molecule has 4 rings (SSSR count). The number of amides is 2. The van der Waals surface area contributed by atoms with E-state index in [2.05, 4.69) is 29.5 Å². The predicted molar refractivity (Wildman–Crippen MR) is 142 cm³/mol. The molecule has 0 saturated carbocycles. The smallest absolute Gasteiger partial charge is 0.242 e. The van der Waals surface area contributed by atoms with E-state index in [1.54, 1.807) is 30.2 Å². The molecule has 2 fully saturated rings. The van der Waals surface area contributed by atoms with Crippen LogP contribution in [0.3, 0.4) is 0 Å². The zero-order valence-corrected chi connectivity index (χ0v) is 22.6. The molecule has 0 unspecified atom stereocenters. The minimum Gasteiger partial charge on any atom is -0.473 e. The van der Waals surface area contributed by atoms with Gasteiger partial charge in [-0.05, 0) is 55.9 Å². The highest BCUT2D eigenvalue weighted by Crippen LogP contribution is 2.27. The van der Waals surface area contributed by atoms with E-state index < -0.39 is 41.8 Å². The van der Waals surface area contributed by atoms with E-state index in [-0.39, 0.29) is 24.3 Å². The van der Waals surface area contributed by atoms with Crippen molar-refractivity contribution in [3.05, 3.63) is 59.8 Å². The van der Waals surface area contributed by atoms with Crippen molar-refractivity contribution in [3.8, 4) is 5.88 Å². The lowest BCUT2D eigenvalue weighted by molar-refractivity contribution is -0.139. The van der Waals surface area contributed by atoms with E-state index >= 15 is 0 Å². The number of ether oxygens (including phenoxy) is 1. The van der Waals surface area contributed by atoms with E-state index in [0.29, 0.717) is 43.3 Å². The summed E-state index contributed by atoms with van der Waals surface area (Å²) in [7, 11) is 0. The number of hydrogen-bond donors (Lipinski definition) is 3. The molecule has 2 aliphatic rings. The van der Waals surface area contributed by atoms with Crippen molar-refractivity contribution in [1.29, 1.82) is 0 Å². The van der Waals surface area contributed by atoms with Crippen LogP contribution in [0.15, 0.2) is 42.6 Å². The number of benzene rings is 1. The van der Waals surface area contributed by atoms with Gasteiger partial charge in [0.15, 0.2) is 0 Å². The van der Waals surface area contributed by atoms with Gasteiger partial charge in [0.25, 0.3) is 0 Å². The predicted octanol–water partition coefficient (Wildman–Crippen LogP) is 2.84. The lowest BCUT2D eigenvalue weighted by Gasteiger charge is -2.31. The van der Waals surface area contributed by atoms with Gasteiger partial charge in [0.05, 0.1) is 12.1 Å². The first-order valence-electron chi connectivity index (χ1n) is 13.7. The lowest BCUT2D eigenvalue weighted by atomic mass is 9.94. The van der Waals surface area contributed by atoms with Gasteiger partial charge in [-0.25, -0.2) is 13.8 Å². The van der Waals surface area contributed by atoms with Crippen molar-refractivity contribution in [2.75, 3.05) is 13.1 Å². The molecule has 1 aromatic heterocycles. The molecule has 6 atom stereocenters. The molecule has 1 aromatic carbocycles. The molecule has 2 saturated heterocycles. The van der Waals surface area contributed by atoms with Gasteiger partial charge in [-0.15, -0.1) is 0 Å². The minimum absolute atomic E-state index is 0.00215. The maximum atomic E-state index is 13.9. The summed E-state index contributed by atoms with van der Waals surface area (Å²) in [6.45, 7) is 6.75. The van der Waals surface area contributed by atoms with Crippen LogP contribution >= 0.6 is 0 Å². The lowest BCUT2D eigenvalue weighted by Crippen LogP contribution is -2.56. The molecule has 212 valence electrons. The van der Waals surface area contributed by atoms with Gasteiger partial charge in [0, 0.05) is 49.8 Å². The Hall–Kier alpha value is -3.11. The van der Waals surface area contributed by atoms with Crippen LogP contribution in [0.4, 0.5) is 8.78 Å². The molecular weight excluding hydrogens is 506 g/mol. The average molecular weight is 545 g/mol. The SMILES string of the molecule is CC(C)C[C@H]1CCN([C@@H](C)C(=O)N[C@@H](Cc2cc(F)cc(F)c2)[C@H](O)[C@H]2C[C@@H](Oc3ccccn3)CN2)C1=O. The maximum Gasteiger partial charge on any atom is 0.242 e. The number of rotatable bonds is 11. The third-order valence-corrected chi connectivity index (χ3v) is 7.53. The third-order valence-electron chi connectivity index (χ3n) is 7.53. The fourth-order valence-corrected chi connectivity index (χ4v) is 5.57. The first-order chi connectivity index (χ1) is 18.6. The van der Waals surface area contributed by atoms with Gasteiger partial charge >= 0.3 is 0 Å². The molecule has 0 spiro atoms. The zero-order chi connectivity index (χ0) is 28.1. The number of likely N-dealkylation sites (tertiary alicyclic amines) is 1. The van der Waals surface area contributed by atoms with Crippen LogP contribution in [0.1, 0.15) is 45.6 Å². The van der Waals surface area contributed by atoms with Crippen LogP contribution in [-0.2, 0) is 16.0 Å². The average Bonchev–Trinajstić information content (AvgIpc) is 3.49. The number of carbonyl (C=O) groups is 2. The standard InChI is InChI=1S/C29H38F2N4O4/c1-17(2)10-20-7-9-35(29(20)38)18(3)28(37)34-25(13-19-11-21(30)14-22(31)12-19)27(36)24-15-23(16-33-24)39-26-6-4-5-8-32-26/h4-6,8,11-12,14,17-18,20,23-25,27,33,36H,7,9-10,13,15-16H2,1-3H3,(H,34,37)/t18-,20+,23+,24+,25-,27+/m0/s1. The summed E-state index contributed by atoms with van der Waals surface area (Å²) in [6.07, 6.45) is 2.21. The summed E-state index contributed by atoms with van der Waals surface area (Å²) in [5.74, 6) is -1.19. The topological polar surface area (TPSA) is 104 Å². The highest BCUT2D eigenvalue weighted by Gasteiger charge is 2.40. The number of nitrogens with one attached hydrogen (secondary N) is 2. The molecule has 2 amide bonds. The van der Waals surface area contributed by atoms with Gasteiger partial charge in [0.1, 0.15) is 23.8 Å². The Kier molecular flexibility index (Phi) is 9.50. The molecule has 2 aliphatic heterocycles. The molecule has 10 heteroatoms. The summed E-state index contributed by atoms with van der Waals surface area (Å²) in [4.78, 5) is 32.1. The van der Waals surface area contributed by atoms with Gasteiger partial charge < -0.3 is 25.4 Å². The van der Waals surface area contributed by atoms with Crippen LogP contribution in [0.2, 0.25) is 0 Å². The molecule has 0 radical (unpaired) electrons. The van der Waals surface area contributed by atoms with Crippen molar-refractivity contribution in [3.63, 3.8) is 0 Å². The number of aliphatic hydroxyl groups is 1. The third kappa shape index (κ3) is 7.51. The largest absolute Gasteiger partial charge is 0.473 e. The van der Waals surface area contributed by atoms with Crippen LogP contribution < -0.4 is 15.4 Å². The summed E-state index contributed by atoms with van der Waals surface area (Å²) in [5.41, 5.74) is 0.304. The van der Waals surface area contributed by atoms with Gasteiger partial charge in [-0.1, -0.05) is 19.9 Å². The fraction of sp³-hybridized carbons (Fsp3) is 0.552. The number of aliphatic hydroxyl groups excluding tert-OH is 1. The number of hydrogen-bond acceptors (Lipinski definition) is 6. The Bertz CT molecular complexity index is 1120. The van der Waals surface area contributed by atoms with E-state index in [4.69, 9.17) is 4.74 Å². The first-order valence-corrected chi connectivity index (χ1v) is 13.7. The van der Waals surface area contributed by atoms with Crippen LogP contribution in [0, 0.1) is 23.5 Å². The molecule has 0 bridgehead atoms. The molecule has 39 heavy (non-hydrogen) atoms. The Morgan fingerprint density at radius 1 is 1.23 bits per heavy atom. The second-order valence-corrected chi connectivity index (χ2v) is 11.1. The summed E-state index contributed by atoms with van der Waals surface area (Å²) in [6, 6.07) is 6.46. The van der Waals surface area contributed by atoms with Crippen molar-refractivity contribution >= 4 is 11.8 Å². The zero-order valence-electron chi connectivity index (χ0n) is 22.6. The Labute approximate surface area is 228 Å². The Morgan fingerprint density at radius 3 is 2.64 bits per heavy atom. The fourth-order valence-electron chi connectivity index (χ4n) is 5.57. The van der Waals surface area contributed by atoms with Crippen molar-refractivity contribution in [1.82, 2.24) is 20.5 Å². The molecule has 8 nitrogen and oxygen atoms in total. The summed E-state index contributed by atoms with van der Waals surface area (Å²) < 4.78 is 33.8. The van der Waals surface area contributed by atoms with E-state index in [1.807, 2.05) is 6.07 Å². The number of nitrogens with zero attached hydrogens (tertiary/aromatic N) is 2. The van der Waals surface area contributed by atoms with E-state index in [9.17, 15) is 23.5 Å². The minimum atomic E-state index is -1.09. The quantitative estimate of drug-likeness (QED) is 0.402. The molecular formula is C29H38F2N4O4. The second kappa shape index (κ2) is 12.8. The number of pyridine rings is 1. The maximum absolute atomic E-state index is 13.9.